The van der Waals surface area contributed by atoms with Gasteiger partial charge in [-0.25, -0.2) is 0 Å². The van der Waals surface area contributed by atoms with Crippen molar-refractivity contribution in [3.05, 3.63) is 29.2 Å². The van der Waals surface area contributed by atoms with Crippen molar-refractivity contribution < 1.29 is 18.3 Å². The van der Waals surface area contributed by atoms with Crippen LogP contribution in [0.25, 0.3) is 11.3 Å². The Hall–Kier alpha value is -2.00. The lowest BCUT2D eigenvalue weighted by molar-refractivity contribution is -0.141. The van der Waals surface area contributed by atoms with Crippen LogP contribution in [0.5, 0.6) is 0 Å². The third kappa shape index (κ3) is 3.42. The van der Waals surface area contributed by atoms with Gasteiger partial charge in [-0.1, -0.05) is 0 Å². The molecule has 3 N–H and O–H groups in total. The fourth-order valence-electron chi connectivity index (χ4n) is 2.07. The molecule has 2 aromatic rings. The SMILES string of the molecule is Cc1cc(CN)nnc1-c1cn(CC(C)O)nc1C(F)(F)F. The topological polar surface area (TPSA) is 89.8 Å². The average Bonchev–Trinajstić information content (AvgIpc) is 2.81. The van der Waals surface area contributed by atoms with Crippen LogP contribution < -0.4 is 5.73 Å². The van der Waals surface area contributed by atoms with Crippen LogP contribution in [0.1, 0.15) is 23.9 Å². The number of hydrogen-bond acceptors (Lipinski definition) is 5. The zero-order valence-corrected chi connectivity index (χ0v) is 12.1. The predicted octanol–water partition coefficient (Wildman–Crippen LogP) is 1.51. The maximum absolute atomic E-state index is 13.2. The summed E-state index contributed by atoms with van der Waals surface area (Å²) >= 11 is 0. The molecule has 120 valence electrons. The van der Waals surface area contributed by atoms with Gasteiger partial charge in [0, 0.05) is 12.7 Å². The molecular formula is C13H16F3N5O. The summed E-state index contributed by atoms with van der Waals surface area (Å²) in [6, 6.07) is 1.59. The zero-order valence-electron chi connectivity index (χ0n) is 12.1. The van der Waals surface area contributed by atoms with Gasteiger partial charge in [0.25, 0.3) is 0 Å². The molecule has 2 aromatic heterocycles. The van der Waals surface area contributed by atoms with E-state index in [4.69, 9.17) is 5.73 Å². The minimum atomic E-state index is -4.63. The number of nitrogens with zero attached hydrogens (tertiary/aromatic N) is 4. The van der Waals surface area contributed by atoms with Gasteiger partial charge < -0.3 is 10.8 Å². The molecule has 0 amide bonds. The largest absolute Gasteiger partial charge is 0.435 e. The molecule has 0 aromatic carbocycles. The van der Waals surface area contributed by atoms with Gasteiger partial charge in [0.05, 0.1) is 29.6 Å². The number of halogens is 3. The second-order valence-corrected chi connectivity index (χ2v) is 5.03. The van der Waals surface area contributed by atoms with Gasteiger partial charge in [-0.15, -0.1) is 5.10 Å². The normalized spacial score (nSPS) is 13.4. The van der Waals surface area contributed by atoms with E-state index in [0.717, 1.165) is 4.68 Å². The zero-order chi connectivity index (χ0) is 16.5. The molecule has 0 spiro atoms. The van der Waals surface area contributed by atoms with Crippen LogP contribution in [0.4, 0.5) is 13.2 Å². The number of aliphatic hydroxyl groups is 1. The first-order valence-corrected chi connectivity index (χ1v) is 6.58. The van der Waals surface area contributed by atoms with Crippen LogP contribution in [-0.4, -0.2) is 31.2 Å². The summed E-state index contributed by atoms with van der Waals surface area (Å²) in [5.41, 5.74) is 5.34. The van der Waals surface area contributed by atoms with Crippen molar-refractivity contribution in [2.45, 2.75) is 39.2 Å². The first kappa shape index (κ1) is 16.4. The van der Waals surface area contributed by atoms with Crippen LogP contribution in [0, 0.1) is 6.92 Å². The van der Waals surface area contributed by atoms with Crippen molar-refractivity contribution in [3.63, 3.8) is 0 Å². The second kappa shape index (κ2) is 6.01. The summed E-state index contributed by atoms with van der Waals surface area (Å²) < 4.78 is 40.5. The molecule has 22 heavy (non-hydrogen) atoms. The second-order valence-electron chi connectivity index (χ2n) is 5.03. The summed E-state index contributed by atoms with van der Waals surface area (Å²) in [4.78, 5) is 0. The minimum absolute atomic E-state index is 0.0452. The molecule has 0 aliphatic carbocycles. The van der Waals surface area contributed by atoms with E-state index in [2.05, 4.69) is 15.3 Å². The van der Waals surface area contributed by atoms with Crippen LogP contribution in [0.2, 0.25) is 0 Å². The molecule has 0 saturated carbocycles. The van der Waals surface area contributed by atoms with Gasteiger partial charge in [0.1, 0.15) is 0 Å². The highest BCUT2D eigenvalue weighted by atomic mass is 19.4. The Kier molecular flexibility index (Phi) is 4.47. The van der Waals surface area contributed by atoms with Crippen molar-refractivity contribution in [2.24, 2.45) is 5.73 Å². The summed E-state index contributed by atoms with van der Waals surface area (Å²) in [5.74, 6) is 0. The molecule has 0 saturated heterocycles. The monoisotopic (exact) mass is 315 g/mol. The van der Waals surface area contributed by atoms with E-state index in [1.54, 1.807) is 13.0 Å². The smallest absolute Gasteiger partial charge is 0.391 e. The number of aryl methyl sites for hydroxylation is 1. The molecule has 6 nitrogen and oxygen atoms in total. The third-order valence-corrected chi connectivity index (χ3v) is 2.98. The van der Waals surface area contributed by atoms with Crippen molar-refractivity contribution in [2.75, 3.05) is 0 Å². The van der Waals surface area contributed by atoms with E-state index < -0.39 is 18.0 Å². The van der Waals surface area contributed by atoms with Crippen LogP contribution in [0.3, 0.4) is 0 Å². The van der Waals surface area contributed by atoms with Crippen molar-refractivity contribution in [3.8, 4) is 11.3 Å². The van der Waals surface area contributed by atoms with E-state index in [1.807, 2.05) is 0 Å². The quantitative estimate of drug-likeness (QED) is 0.892. The van der Waals surface area contributed by atoms with Gasteiger partial charge in [-0.2, -0.15) is 23.4 Å². The van der Waals surface area contributed by atoms with E-state index in [-0.39, 0.29) is 24.3 Å². The van der Waals surface area contributed by atoms with Crippen LogP contribution in [0.15, 0.2) is 12.3 Å². The van der Waals surface area contributed by atoms with E-state index in [1.165, 1.54) is 13.1 Å². The Morgan fingerprint density at radius 1 is 1.36 bits per heavy atom. The lowest BCUT2D eigenvalue weighted by Crippen LogP contribution is -2.14. The molecule has 0 aliphatic rings. The standard InChI is InChI=1S/C13H16F3N5O/c1-7-3-9(4-17)18-19-11(7)10-6-21(5-8(2)22)20-12(10)13(14,15)16/h3,6,8,22H,4-5,17H2,1-2H3. The maximum atomic E-state index is 13.2. The Morgan fingerprint density at radius 3 is 2.55 bits per heavy atom. The molecule has 9 heteroatoms. The molecule has 2 rings (SSSR count). The number of aromatic nitrogens is 4. The summed E-state index contributed by atoms with van der Waals surface area (Å²) in [7, 11) is 0. The van der Waals surface area contributed by atoms with Gasteiger partial charge in [-0.3, -0.25) is 4.68 Å². The highest BCUT2D eigenvalue weighted by Crippen LogP contribution is 2.36. The van der Waals surface area contributed by atoms with E-state index >= 15 is 0 Å². The number of nitrogens with two attached hydrogens (primary N) is 1. The first-order chi connectivity index (χ1) is 10.2. The average molecular weight is 315 g/mol. The van der Waals surface area contributed by atoms with Crippen molar-refractivity contribution in [1.29, 1.82) is 0 Å². The Balaban J connectivity index is 2.55. The Labute approximate surface area is 124 Å². The molecule has 1 atom stereocenters. The van der Waals surface area contributed by atoms with E-state index in [9.17, 15) is 18.3 Å². The number of rotatable bonds is 4. The minimum Gasteiger partial charge on any atom is -0.391 e. The van der Waals surface area contributed by atoms with Crippen LogP contribution >= 0.6 is 0 Å². The van der Waals surface area contributed by atoms with Crippen LogP contribution in [-0.2, 0) is 19.3 Å². The Morgan fingerprint density at radius 2 is 2.05 bits per heavy atom. The molecule has 2 heterocycles. The Bertz CT molecular complexity index is 666. The maximum Gasteiger partial charge on any atom is 0.435 e. The molecule has 0 bridgehead atoms. The molecule has 0 aliphatic heterocycles. The van der Waals surface area contributed by atoms with Gasteiger partial charge >= 0.3 is 6.18 Å². The molecule has 0 radical (unpaired) electrons. The van der Waals surface area contributed by atoms with Crippen molar-refractivity contribution >= 4 is 0 Å². The lowest BCUT2D eigenvalue weighted by Gasteiger charge is -2.07. The van der Waals surface area contributed by atoms with Gasteiger partial charge in [-0.05, 0) is 25.5 Å². The molecular weight excluding hydrogens is 299 g/mol. The fraction of sp³-hybridized carbons (Fsp3) is 0.462. The summed E-state index contributed by atoms with van der Waals surface area (Å²) in [5, 5.41) is 20.5. The van der Waals surface area contributed by atoms with E-state index in [0.29, 0.717) is 11.3 Å². The highest BCUT2D eigenvalue weighted by Gasteiger charge is 2.38. The lowest BCUT2D eigenvalue weighted by atomic mass is 10.1. The fourth-order valence-corrected chi connectivity index (χ4v) is 2.07. The summed E-state index contributed by atoms with van der Waals surface area (Å²) in [6.07, 6.45) is -4.23. The number of hydrogen-bond donors (Lipinski definition) is 2. The first-order valence-electron chi connectivity index (χ1n) is 6.58. The molecule has 1 unspecified atom stereocenters. The predicted molar refractivity (Wildman–Crippen MR) is 72.6 cm³/mol. The number of alkyl halides is 3. The third-order valence-electron chi connectivity index (χ3n) is 2.98. The number of aliphatic hydroxyl groups excluding tert-OH is 1. The highest BCUT2D eigenvalue weighted by molar-refractivity contribution is 5.65. The van der Waals surface area contributed by atoms with Crippen molar-refractivity contribution in [1.82, 2.24) is 20.0 Å². The van der Waals surface area contributed by atoms with Gasteiger partial charge in [0.2, 0.25) is 0 Å². The molecule has 0 fully saturated rings. The van der Waals surface area contributed by atoms with Gasteiger partial charge in [0.15, 0.2) is 5.69 Å². The summed E-state index contributed by atoms with van der Waals surface area (Å²) in [6.45, 7) is 3.21.